The molecule has 0 saturated heterocycles. The van der Waals surface area contributed by atoms with Crippen LogP contribution >= 0.6 is 23.4 Å². The third-order valence-electron chi connectivity index (χ3n) is 2.26. The number of halogens is 1. The van der Waals surface area contributed by atoms with Gasteiger partial charge in [-0.25, -0.2) is 0 Å². The minimum atomic E-state index is 0.752. The third kappa shape index (κ3) is 4.64. The van der Waals surface area contributed by atoms with E-state index in [-0.39, 0.29) is 0 Å². The van der Waals surface area contributed by atoms with Gasteiger partial charge in [-0.3, -0.25) is 0 Å². The van der Waals surface area contributed by atoms with Crippen molar-refractivity contribution in [3.8, 4) is 5.75 Å². The Labute approximate surface area is 107 Å². The van der Waals surface area contributed by atoms with Crippen LogP contribution in [0.5, 0.6) is 5.75 Å². The van der Waals surface area contributed by atoms with Crippen LogP contribution in [0.25, 0.3) is 0 Å². The molecule has 0 aliphatic carbocycles. The molecule has 0 aromatic heterocycles. The van der Waals surface area contributed by atoms with E-state index in [0.717, 1.165) is 29.4 Å². The average Bonchev–Trinajstić information content (AvgIpc) is 2.29. The van der Waals surface area contributed by atoms with Crippen molar-refractivity contribution in [2.45, 2.75) is 13.0 Å². The maximum atomic E-state index is 5.95. The lowest BCUT2D eigenvalue weighted by atomic mass is 10.2. The number of ether oxygens (including phenoxy) is 1. The van der Waals surface area contributed by atoms with Crippen LogP contribution < -0.4 is 10.1 Å². The quantitative estimate of drug-likeness (QED) is 0.760. The minimum absolute atomic E-state index is 0.752. The first-order valence-electron chi connectivity index (χ1n) is 5.30. The first-order valence-corrected chi connectivity index (χ1v) is 7.07. The summed E-state index contributed by atoms with van der Waals surface area (Å²) in [6.45, 7) is 1.83. The number of methoxy groups -OCH3 is 1. The summed E-state index contributed by atoms with van der Waals surface area (Å²) in [5.74, 6) is 2.08. The van der Waals surface area contributed by atoms with Gasteiger partial charge in [-0.15, -0.1) is 0 Å². The van der Waals surface area contributed by atoms with E-state index in [0.29, 0.717) is 0 Å². The molecule has 4 heteroatoms. The number of hydrogen-bond acceptors (Lipinski definition) is 3. The van der Waals surface area contributed by atoms with Crippen LogP contribution in [0.1, 0.15) is 12.0 Å². The first-order chi connectivity index (χ1) is 7.77. The Morgan fingerprint density at radius 3 is 2.94 bits per heavy atom. The highest BCUT2D eigenvalue weighted by molar-refractivity contribution is 7.98. The van der Waals surface area contributed by atoms with Crippen molar-refractivity contribution in [3.63, 3.8) is 0 Å². The monoisotopic (exact) mass is 259 g/mol. The fourth-order valence-electron chi connectivity index (χ4n) is 1.45. The lowest BCUT2D eigenvalue weighted by molar-refractivity contribution is 0.408. The third-order valence-corrected chi connectivity index (χ3v) is 3.19. The molecule has 0 spiro atoms. The zero-order valence-corrected chi connectivity index (χ0v) is 11.3. The molecule has 0 unspecified atom stereocenters. The summed E-state index contributed by atoms with van der Waals surface area (Å²) in [5.41, 5.74) is 1.11. The maximum absolute atomic E-state index is 5.95. The second-order valence-corrected chi connectivity index (χ2v) is 4.90. The van der Waals surface area contributed by atoms with Crippen molar-refractivity contribution >= 4 is 23.4 Å². The van der Waals surface area contributed by atoms with Crippen LogP contribution in [-0.4, -0.2) is 25.7 Å². The molecule has 0 atom stereocenters. The van der Waals surface area contributed by atoms with Crippen molar-refractivity contribution in [2.24, 2.45) is 0 Å². The predicted molar refractivity (Wildman–Crippen MR) is 72.7 cm³/mol. The summed E-state index contributed by atoms with van der Waals surface area (Å²) in [5, 5.41) is 4.14. The van der Waals surface area contributed by atoms with Gasteiger partial charge in [0.05, 0.1) is 7.11 Å². The van der Waals surface area contributed by atoms with E-state index in [4.69, 9.17) is 16.3 Å². The Hall–Kier alpha value is -0.380. The maximum Gasteiger partial charge on any atom is 0.123 e. The van der Waals surface area contributed by atoms with Gasteiger partial charge in [0.1, 0.15) is 5.75 Å². The van der Waals surface area contributed by atoms with Crippen molar-refractivity contribution in [1.29, 1.82) is 0 Å². The topological polar surface area (TPSA) is 21.3 Å². The number of hydrogen-bond donors (Lipinski definition) is 1. The van der Waals surface area contributed by atoms with E-state index in [1.807, 2.05) is 30.0 Å². The fourth-order valence-corrected chi connectivity index (χ4v) is 2.08. The molecule has 0 saturated carbocycles. The van der Waals surface area contributed by atoms with E-state index in [2.05, 4.69) is 11.6 Å². The average molecular weight is 260 g/mol. The standard InChI is InChI=1S/C12H18ClNOS/c1-15-12-5-4-11(13)8-10(12)9-14-6-3-7-16-2/h4-5,8,14H,3,6-7,9H2,1-2H3. The van der Waals surface area contributed by atoms with Crippen LogP contribution in [0.3, 0.4) is 0 Å². The summed E-state index contributed by atoms with van der Waals surface area (Å²) in [6.07, 6.45) is 3.31. The Morgan fingerprint density at radius 2 is 2.25 bits per heavy atom. The van der Waals surface area contributed by atoms with E-state index < -0.39 is 0 Å². The van der Waals surface area contributed by atoms with Crippen LogP contribution in [-0.2, 0) is 6.54 Å². The zero-order valence-electron chi connectivity index (χ0n) is 9.75. The van der Waals surface area contributed by atoms with Crippen LogP contribution in [0, 0.1) is 0 Å². The van der Waals surface area contributed by atoms with Crippen LogP contribution in [0.4, 0.5) is 0 Å². The highest BCUT2D eigenvalue weighted by atomic mass is 35.5. The first kappa shape index (κ1) is 13.7. The predicted octanol–water partition coefficient (Wildman–Crippen LogP) is 3.19. The van der Waals surface area contributed by atoms with Crippen molar-refractivity contribution in [3.05, 3.63) is 28.8 Å². The number of benzene rings is 1. The van der Waals surface area contributed by atoms with Gasteiger partial charge >= 0.3 is 0 Å². The highest BCUT2D eigenvalue weighted by Crippen LogP contribution is 2.22. The van der Waals surface area contributed by atoms with Gasteiger partial charge < -0.3 is 10.1 Å². The minimum Gasteiger partial charge on any atom is -0.496 e. The number of rotatable bonds is 7. The molecule has 1 rings (SSSR count). The molecule has 0 bridgehead atoms. The highest BCUT2D eigenvalue weighted by Gasteiger charge is 2.02. The van der Waals surface area contributed by atoms with Gasteiger partial charge in [0.15, 0.2) is 0 Å². The van der Waals surface area contributed by atoms with Gasteiger partial charge in [0.2, 0.25) is 0 Å². The smallest absolute Gasteiger partial charge is 0.123 e. The van der Waals surface area contributed by atoms with E-state index >= 15 is 0 Å². The summed E-state index contributed by atoms with van der Waals surface area (Å²) in [4.78, 5) is 0. The molecule has 0 amide bonds. The summed E-state index contributed by atoms with van der Waals surface area (Å²) in [6, 6.07) is 5.70. The summed E-state index contributed by atoms with van der Waals surface area (Å²) < 4.78 is 5.28. The Bertz CT molecular complexity index is 320. The molecule has 90 valence electrons. The Kier molecular flexibility index (Phi) is 6.69. The lowest BCUT2D eigenvalue weighted by Gasteiger charge is -2.09. The number of nitrogens with one attached hydrogen (secondary N) is 1. The molecule has 0 fully saturated rings. The molecule has 1 aromatic rings. The molecular weight excluding hydrogens is 242 g/mol. The van der Waals surface area contributed by atoms with E-state index in [1.54, 1.807) is 7.11 Å². The Balaban J connectivity index is 2.42. The van der Waals surface area contributed by atoms with Crippen molar-refractivity contribution in [1.82, 2.24) is 5.32 Å². The second-order valence-electron chi connectivity index (χ2n) is 3.48. The molecule has 1 aromatic carbocycles. The molecule has 0 radical (unpaired) electrons. The Morgan fingerprint density at radius 1 is 1.44 bits per heavy atom. The van der Waals surface area contributed by atoms with E-state index in [1.165, 1.54) is 12.2 Å². The summed E-state index contributed by atoms with van der Waals surface area (Å²) >= 11 is 7.82. The van der Waals surface area contributed by atoms with Crippen molar-refractivity contribution < 1.29 is 4.74 Å². The molecule has 16 heavy (non-hydrogen) atoms. The summed E-state index contributed by atoms with van der Waals surface area (Å²) in [7, 11) is 1.68. The normalized spacial score (nSPS) is 10.4. The fraction of sp³-hybridized carbons (Fsp3) is 0.500. The zero-order chi connectivity index (χ0) is 11.8. The van der Waals surface area contributed by atoms with E-state index in [9.17, 15) is 0 Å². The van der Waals surface area contributed by atoms with Gasteiger partial charge in [0, 0.05) is 17.1 Å². The van der Waals surface area contributed by atoms with Crippen LogP contribution in [0.15, 0.2) is 18.2 Å². The van der Waals surface area contributed by atoms with Crippen molar-refractivity contribution in [2.75, 3.05) is 25.7 Å². The van der Waals surface area contributed by atoms with Gasteiger partial charge in [-0.1, -0.05) is 11.6 Å². The molecular formula is C12H18ClNOS. The molecule has 1 N–H and O–H groups in total. The van der Waals surface area contributed by atoms with Crippen LogP contribution in [0.2, 0.25) is 5.02 Å². The largest absolute Gasteiger partial charge is 0.496 e. The van der Waals surface area contributed by atoms with Gasteiger partial charge in [-0.05, 0) is 43.2 Å². The molecule has 0 heterocycles. The molecule has 2 nitrogen and oxygen atoms in total. The van der Waals surface area contributed by atoms with Gasteiger partial charge in [0.25, 0.3) is 0 Å². The molecule has 0 aliphatic heterocycles. The SMILES string of the molecule is COc1ccc(Cl)cc1CNCCCSC. The molecule has 0 aliphatic rings. The van der Waals surface area contributed by atoms with Gasteiger partial charge in [-0.2, -0.15) is 11.8 Å². The second kappa shape index (κ2) is 7.82. The lowest BCUT2D eigenvalue weighted by Crippen LogP contribution is -2.15. The number of thioether (sulfide) groups is 1.